The minimum Gasteiger partial charge on any atom is -0.378 e. The molecule has 0 amide bonds. The molecule has 2 aliphatic carbocycles. The fraction of sp³-hybridized carbons (Fsp3) is 0.938. The molecule has 4 nitrogen and oxygen atoms in total. The first kappa shape index (κ1) is 15.5. The second kappa shape index (κ2) is 6.78. The lowest BCUT2D eigenvalue weighted by atomic mass is 9.55. The molecule has 1 saturated heterocycles. The summed E-state index contributed by atoms with van der Waals surface area (Å²) in [4.78, 5) is 7.21. The van der Waals surface area contributed by atoms with Crippen molar-refractivity contribution in [3.63, 3.8) is 0 Å². The lowest BCUT2D eigenvalue weighted by molar-refractivity contribution is -0.139. The van der Waals surface area contributed by atoms with Crippen molar-refractivity contribution in [2.45, 2.75) is 57.6 Å². The summed E-state index contributed by atoms with van der Waals surface area (Å²) >= 11 is 2.01. The smallest absolute Gasteiger partial charge is 0.191 e. The molecule has 3 fully saturated rings. The summed E-state index contributed by atoms with van der Waals surface area (Å²) in [6, 6.07) is 0.393. The summed E-state index contributed by atoms with van der Waals surface area (Å²) in [5.41, 5.74) is 6.59. The van der Waals surface area contributed by atoms with E-state index in [1.807, 2.05) is 11.8 Å². The average Bonchev–Trinajstić information content (AvgIpc) is 2.55. The molecule has 120 valence electrons. The standard InChI is InChI=1S/C16H29N3OS/c1-2-20-14-12-13(16(14)6-4-3-5-7-16)18-15(17)19-8-10-21-11-9-19/h13-14H,2-12H2,1H3,(H2,17,18). The fourth-order valence-corrected chi connectivity index (χ4v) is 5.14. The lowest BCUT2D eigenvalue weighted by Crippen LogP contribution is -2.59. The highest BCUT2D eigenvalue weighted by atomic mass is 32.2. The van der Waals surface area contributed by atoms with Crippen molar-refractivity contribution >= 4 is 17.7 Å². The Bertz CT molecular complexity index is 376. The van der Waals surface area contributed by atoms with Gasteiger partial charge < -0.3 is 15.4 Å². The van der Waals surface area contributed by atoms with Gasteiger partial charge in [0.1, 0.15) is 0 Å². The van der Waals surface area contributed by atoms with Gasteiger partial charge in [-0.2, -0.15) is 11.8 Å². The van der Waals surface area contributed by atoms with E-state index < -0.39 is 0 Å². The Morgan fingerprint density at radius 3 is 2.67 bits per heavy atom. The Balaban J connectivity index is 1.69. The van der Waals surface area contributed by atoms with Gasteiger partial charge in [-0.1, -0.05) is 19.3 Å². The number of ether oxygens (including phenoxy) is 1. The first-order valence-corrected chi connectivity index (χ1v) is 9.69. The van der Waals surface area contributed by atoms with Gasteiger partial charge in [-0.3, -0.25) is 0 Å². The van der Waals surface area contributed by atoms with Crippen LogP contribution in [0.4, 0.5) is 0 Å². The van der Waals surface area contributed by atoms with Gasteiger partial charge >= 0.3 is 0 Å². The zero-order chi connectivity index (χ0) is 14.7. The number of thioether (sulfide) groups is 1. The van der Waals surface area contributed by atoms with E-state index in [2.05, 4.69) is 11.8 Å². The second-order valence-corrected chi connectivity index (χ2v) is 7.80. The van der Waals surface area contributed by atoms with Crippen LogP contribution in [0.1, 0.15) is 45.4 Å². The molecule has 5 heteroatoms. The number of hydrogen-bond donors (Lipinski definition) is 1. The van der Waals surface area contributed by atoms with Crippen molar-refractivity contribution in [3.8, 4) is 0 Å². The SMILES string of the molecule is CCOC1CC(N=C(N)N2CCSCC2)C12CCCCC2. The van der Waals surface area contributed by atoms with E-state index in [-0.39, 0.29) is 0 Å². The molecule has 1 spiro atoms. The molecule has 2 saturated carbocycles. The first-order chi connectivity index (χ1) is 10.3. The van der Waals surface area contributed by atoms with Gasteiger partial charge in [0.15, 0.2) is 5.96 Å². The Morgan fingerprint density at radius 1 is 1.29 bits per heavy atom. The Hall–Kier alpha value is -0.420. The molecule has 2 atom stereocenters. The molecule has 3 aliphatic rings. The summed E-state index contributed by atoms with van der Waals surface area (Å²) in [6.07, 6.45) is 8.06. The van der Waals surface area contributed by atoms with Crippen LogP contribution in [0.15, 0.2) is 4.99 Å². The minimum atomic E-state index is 0.295. The highest BCUT2D eigenvalue weighted by molar-refractivity contribution is 7.99. The normalized spacial score (nSPS) is 33.0. The fourth-order valence-electron chi connectivity index (χ4n) is 4.24. The summed E-state index contributed by atoms with van der Waals surface area (Å²) in [5.74, 6) is 3.13. The lowest BCUT2D eigenvalue weighted by Gasteiger charge is -2.56. The zero-order valence-electron chi connectivity index (χ0n) is 13.2. The molecule has 0 aromatic rings. The Kier molecular flexibility index (Phi) is 4.99. The zero-order valence-corrected chi connectivity index (χ0v) is 14.0. The van der Waals surface area contributed by atoms with Crippen molar-refractivity contribution in [3.05, 3.63) is 0 Å². The summed E-state index contributed by atoms with van der Waals surface area (Å²) in [5, 5.41) is 0. The van der Waals surface area contributed by atoms with Gasteiger partial charge in [-0.15, -0.1) is 0 Å². The minimum absolute atomic E-state index is 0.295. The van der Waals surface area contributed by atoms with Gasteiger partial charge in [0.2, 0.25) is 0 Å². The number of hydrogen-bond acceptors (Lipinski definition) is 3. The molecule has 1 heterocycles. The van der Waals surface area contributed by atoms with Crippen LogP contribution in [0.25, 0.3) is 0 Å². The first-order valence-electron chi connectivity index (χ1n) is 8.54. The monoisotopic (exact) mass is 311 g/mol. The molecule has 21 heavy (non-hydrogen) atoms. The van der Waals surface area contributed by atoms with Crippen molar-refractivity contribution in [1.29, 1.82) is 0 Å². The molecule has 0 radical (unpaired) electrons. The number of nitrogens with two attached hydrogens (primary N) is 1. The molecule has 2 unspecified atom stereocenters. The maximum atomic E-state index is 6.29. The average molecular weight is 311 g/mol. The summed E-state index contributed by atoms with van der Waals surface area (Å²) in [7, 11) is 0. The van der Waals surface area contributed by atoms with Gasteiger partial charge in [-0.05, 0) is 26.2 Å². The van der Waals surface area contributed by atoms with Gasteiger partial charge in [0.25, 0.3) is 0 Å². The van der Waals surface area contributed by atoms with E-state index in [4.69, 9.17) is 15.5 Å². The largest absolute Gasteiger partial charge is 0.378 e. The van der Waals surface area contributed by atoms with E-state index in [9.17, 15) is 0 Å². The van der Waals surface area contributed by atoms with E-state index >= 15 is 0 Å². The van der Waals surface area contributed by atoms with Crippen LogP contribution >= 0.6 is 11.8 Å². The van der Waals surface area contributed by atoms with E-state index in [1.165, 1.54) is 43.6 Å². The van der Waals surface area contributed by atoms with Crippen LogP contribution in [0, 0.1) is 5.41 Å². The van der Waals surface area contributed by atoms with Crippen LogP contribution in [0.2, 0.25) is 0 Å². The van der Waals surface area contributed by atoms with Crippen LogP contribution in [0.3, 0.4) is 0 Å². The third-order valence-corrected chi connectivity index (χ3v) is 6.46. The molecule has 2 N–H and O–H groups in total. The van der Waals surface area contributed by atoms with Crippen molar-refractivity contribution in [1.82, 2.24) is 4.90 Å². The van der Waals surface area contributed by atoms with E-state index in [1.54, 1.807) is 0 Å². The van der Waals surface area contributed by atoms with Crippen molar-refractivity contribution < 1.29 is 4.74 Å². The van der Waals surface area contributed by atoms with Crippen molar-refractivity contribution in [2.75, 3.05) is 31.2 Å². The molecular weight excluding hydrogens is 282 g/mol. The summed E-state index contributed by atoms with van der Waals surface area (Å²) in [6.45, 7) is 5.03. The van der Waals surface area contributed by atoms with E-state index in [0.29, 0.717) is 17.6 Å². The Morgan fingerprint density at radius 2 is 2.00 bits per heavy atom. The van der Waals surface area contributed by atoms with Gasteiger partial charge in [-0.25, -0.2) is 4.99 Å². The highest BCUT2D eigenvalue weighted by Crippen LogP contribution is 2.54. The quantitative estimate of drug-likeness (QED) is 0.642. The third kappa shape index (κ3) is 3.04. The van der Waals surface area contributed by atoms with Gasteiger partial charge in [0, 0.05) is 36.6 Å². The maximum absolute atomic E-state index is 6.29. The molecule has 0 aromatic carbocycles. The molecule has 0 bridgehead atoms. The van der Waals surface area contributed by atoms with Crippen LogP contribution in [0.5, 0.6) is 0 Å². The van der Waals surface area contributed by atoms with Crippen molar-refractivity contribution in [2.24, 2.45) is 16.1 Å². The molecular formula is C16H29N3OS. The number of guanidine groups is 1. The predicted molar refractivity (Wildman–Crippen MR) is 89.9 cm³/mol. The van der Waals surface area contributed by atoms with Crippen LogP contribution in [-0.4, -0.2) is 54.2 Å². The predicted octanol–water partition coefficient (Wildman–Crippen LogP) is 2.48. The number of nitrogens with zero attached hydrogens (tertiary/aromatic N) is 2. The molecule has 0 aromatic heterocycles. The van der Waals surface area contributed by atoms with Crippen LogP contribution in [-0.2, 0) is 4.74 Å². The topological polar surface area (TPSA) is 50.9 Å². The number of rotatable bonds is 3. The van der Waals surface area contributed by atoms with Crippen LogP contribution < -0.4 is 5.73 Å². The number of aliphatic imine (C=N–C) groups is 1. The van der Waals surface area contributed by atoms with E-state index in [0.717, 1.165) is 32.1 Å². The highest BCUT2D eigenvalue weighted by Gasteiger charge is 2.55. The third-order valence-electron chi connectivity index (χ3n) is 5.52. The molecule has 3 rings (SSSR count). The summed E-state index contributed by atoms with van der Waals surface area (Å²) < 4.78 is 6.00. The van der Waals surface area contributed by atoms with Gasteiger partial charge in [0.05, 0.1) is 12.1 Å². The second-order valence-electron chi connectivity index (χ2n) is 6.58. The Labute approximate surface area is 132 Å². The maximum Gasteiger partial charge on any atom is 0.191 e. The molecule has 1 aliphatic heterocycles.